The number of rotatable bonds is 1. The van der Waals surface area contributed by atoms with E-state index in [1.165, 1.54) is 0 Å². The Morgan fingerprint density at radius 2 is 2.28 bits per heavy atom. The molecule has 0 bridgehead atoms. The van der Waals surface area contributed by atoms with E-state index < -0.39 is 11.7 Å². The molecule has 2 rings (SSSR count). The second-order valence-electron chi connectivity index (χ2n) is 5.37. The van der Waals surface area contributed by atoms with Crippen LogP contribution in [0.4, 0.5) is 4.79 Å². The van der Waals surface area contributed by atoms with Crippen molar-refractivity contribution in [2.24, 2.45) is 7.05 Å². The van der Waals surface area contributed by atoms with Gasteiger partial charge in [-0.3, -0.25) is 0 Å². The number of aromatic nitrogens is 3. The van der Waals surface area contributed by atoms with Crippen LogP contribution in [0.25, 0.3) is 0 Å². The molecule has 0 saturated carbocycles. The van der Waals surface area contributed by atoms with E-state index in [0.29, 0.717) is 13.1 Å². The van der Waals surface area contributed by atoms with Crippen LogP contribution < -0.4 is 10.6 Å². The molecule has 1 amide bonds. The number of alkyl carbamates (subject to hydrolysis) is 1. The number of amides is 1. The molecular weight excluding hydrogens is 234 g/mol. The summed E-state index contributed by atoms with van der Waals surface area (Å²) in [5, 5.41) is 14.0. The second-order valence-corrected chi connectivity index (χ2v) is 5.37. The highest BCUT2D eigenvalue weighted by atomic mass is 16.6. The highest BCUT2D eigenvalue weighted by Gasteiger charge is 2.28. The Hall–Kier alpha value is -1.63. The Kier molecular flexibility index (Phi) is 3.25. The summed E-state index contributed by atoms with van der Waals surface area (Å²) < 4.78 is 6.94. The van der Waals surface area contributed by atoms with Crippen LogP contribution in [0, 0.1) is 0 Å². The lowest BCUT2D eigenvalue weighted by atomic mass is 10.1. The standard InChI is InChI=1S/C11H19N5O2/c1-11(2,3)18-10(17)13-7-5-12-6-8-9(7)16(4)15-14-8/h7,12H,5-6H2,1-4H3,(H,13,17). The number of hydrogen-bond donors (Lipinski definition) is 2. The van der Waals surface area contributed by atoms with E-state index in [1.807, 2.05) is 27.8 Å². The molecule has 1 aromatic heterocycles. The van der Waals surface area contributed by atoms with Gasteiger partial charge in [0.05, 0.1) is 11.7 Å². The van der Waals surface area contributed by atoms with Crippen LogP contribution in [0.1, 0.15) is 38.2 Å². The van der Waals surface area contributed by atoms with Crippen molar-refractivity contribution in [3.63, 3.8) is 0 Å². The SMILES string of the molecule is Cn1nnc2c1C(NC(=O)OC(C)(C)C)CNC2. The first kappa shape index (κ1) is 12.8. The van der Waals surface area contributed by atoms with Gasteiger partial charge in [0.25, 0.3) is 0 Å². The van der Waals surface area contributed by atoms with Gasteiger partial charge in [0.1, 0.15) is 11.3 Å². The predicted molar refractivity (Wildman–Crippen MR) is 64.8 cm³/mol. The zero-order valence-corrected chi connectivity index (χ0v) is 11.1. The quantitative estimate of drug-likeness (QED) is 0.761. The molecule has 1 aliphatic heterocycles. The maximum absolute atomic E-state index is 11.8. The van der Waals surface area contributed by atoms with E-state index in [0.717, 1.165) is 11.4 Å². The fourth-order valence-electron chi connectivity index (χ4n) is 1.96. The number of nitrogens with zero attached hydrogens (tertiary/aromatic N) is 3. The summed E-state index contributed by atoms with van der Waals surface area (Å²) >= 11 is 0. The van der Waals surface area contributed by atoms with E-state index in [9.17, 15) is 4.79 Å². The maximum atomic E-state index is 11.8. The van der Waals surface area contributed by atoms with Crippen LogP contribution in [-0.4, -0.2) is 33.2 Å². The molecule has 0 aromatic carbocycles. The lowest BCUT2D eigenvalue weighted by Crippen LogP contribution is -2.42. The first-order valence-corrected chi connectivity index (χ1v) is 5.95. The van der Waals surface area contributed by atoms with Crippen molar-refractivity contribution in [1.82, 2.24) is 25.6 Å². The first-order valence-electron chi connectivity index (χ1n) is 5.95. The molecule has 0 spiro atoms. The first-order chi connectivity index (χ1) is 8.37. The highest BCUT2D eigenvalue weighted by molar-refractivity contribution is 5.68. The Bertz CT molecular complexity index is 449. The van der Waals surface area contributed by atoms with Gasteiger partial charge in [-0.1, -0.05) is 5.21 Å². The van der Waals surface area contributed by atoms with E-state index in [4.69, 9.17) is 4.74 Å². The second kappa shape index (κ2) is 4.56. The van der Waals surface area contributed by atoms with Crippen LogP contribution in [-0.2, 0) is 18.3 Å². The van der Waals surface area contributed by atoms with Crippen molar-refractivity contribution in [2.45, 2.75) is 39.0 Å². The molecule has 0 saturated heterocycles. The van der Waals surface area contributed by atoms with Crippen LogP contribution in [0.2, 0.25) is 0 Å². The summed E-state index contributed by atoms with van der Waals surface area (Å²) in [4.78, 5) is 11.8. The third kappa shape index (κ3) is 2.79. The van der Waals surface area contributed by atoms with Gasteiger partial charge in [-0.25, -0.2) is 9.48 Å². The molecule has 1 aromatic rings. The molecular formula is C11H19N5O2. The van der Waals surface area contributed by atoms with Gasteiger partial charge >= 0.3 is 6.09 Å². The van der Waals surface area contributed by atoms with Gasteiger partial charge in [0.15, 0.2) is 0 Å². The molecule has 2 N–H and O–H groups in total. The maximum Gasteiger partial charge on any atom is 0.408 e. The van der Waals surface area contributed by atoms with Crippen LogP contribution in [0.5, 0.6) is 0 Å². The lowest BCUT2D eigenvalue weighted by Gasteiger charge is -2.26. The Labute approximate surface area is 106 Å². The molecule has 100 valence electrons. The number of hydrogen-bond acceptors (Lipinski definition) is 5. The number of nitrogens with one attached hydrogen (secondary N) is 2. The number of carbonyl (C=O) groups excluding carboxylic acids is 1. The third-order valence-electron chi connectivity index (χ3n) is 2.61. The molecule has 0 fully saturated rings. The number of carbonyl (C=O) groups is 1. The minimum Gasteiger partial charge on any atom is -0.444 e. The molecule has 1 atom stereocenters. The van der Waals surface area contributed by atoms with Crippen molar-refractivity contribution in [1.29, 1.82) is 0 Å². The monoisotopic (exact) mass is 253 g/mol. The summed E-state index contributed by atoms with van der Waals surface area (Å²) in [6, 6.07) is -0.163. The van der Waals surface area contributed by atoms with Gasteiger partial charge in [-0.05, 0) is 20.8 Å². The van der Waals surface area contributed by atoms with E-state index in [2.05, 4.69) is 20.9 Å². The molecule has 1 unspecified atom stereocenters. The Morgan fingerprint density at radius 1 is 1.56 bits per heavy atom. The average Bonchev–Trinajstić information content (AvgIpc) is 2.58. The summed E-state index contributed by atoms with van der Waals surface area (Å²) in [6.07, 6.45) is -0.427. The van der Waals surface area contributed by atoms with Crippen molar-refractivity contribution < 1.29 is 9.53 Å². The van der Waals surface area contributed by atoms with Crippen LogP contribution in [0.3, 0.4) is 0 Å². The molecule has 18 heavy (non-hydrogen) atoms. The number of fused-ring (bicyclic) bond motifs is 1. The Morgan fingerprint density at radius 3 is 2.94 bits per heavy atom. The van der Waals surface area contributed by atoms with E-state index >= 15 is 0 Å². The summed E-state index contributed by atoms with van der Waals surface area (Å²) in [5.41, 5.74) is 1.30. The van der Waals surface area contributed by atoms with E-state index in [-0.39, 0.29) is 6.04 Å². The van der Waals surface area contributed by atoms with Crippen molar-refractivity contribution in [2.75, 3.05) is 6.54 Å². The predicted octanol–water partition coefficient (Wildman–Crippen LogP) is 0.484. The zero-order valence-electron chi connectivity index (χ0n) is 11.1. The van der Waals surface area contributed by atoms with Gasteiger partial charge < -0.3 is 15.4 Å². The molecule has 7 heteroatoms. The Balaban J connectivity index is 2.07. The molecule has 0 radical (unpaired) electrons. The van der Waals surface area contributed by atoms with Crippen molar-refractivity contribution in [3.05, 3.63) is 11.4 Å². The molecule has 2 heterocycles. The van der Waals surface area contributed by atoms with Gasteiger partial charge in [-0.2, -0.15) is 0 Å². The molecule has 7 nitrogen and oxygen atoms in total. The highest BCUT2D eigenvalue weighted by Crippen LogP contribution is 2.19. The largest absolute Gasteiger partial charge is 0.444 e. The van der Waals surface area contributed by atoms with Gasteiger partial charge in [-0.15, -0.1) is 5.10 Å². The van der Waals surface area contributed by atoms with E-state index in [1.54, 1.807) is 4.68 Å². The molecule has 1 aliphatic rings. The number of aryl methyl sites for hydroxylation is 1. The normalized spacial score (nSPS) is 19.2. The minimum absolute atomic E-state index is 0.163. The molecule has 0 aliphatic carbocycles. The summed E-state index contributed by atoms with van der Waals surface area (Å²) in [7, 11) is 1.82. The van der Waals surface area contributed by atoms with Crippen molar-refractivity contribution >= 4 is 6.09 Å². The zero-order chi connectivity index (χ0) is 13.3. The topological polar surface area (TPSA) is 81.1 Å². The number of ether oxygens (including phenoxy) is 1. The van der Waals surface area contributed by atoms with Crippen molar-refractivity contribution in [3.8, 4) is 0 Å². The van der Waals surface area contributed by atoms with Gasteiger partial charge in [0.2, 0.25) is 0 Å². The fraction of sp³-hybridized carbons (Fsp3) is 0.727. The van der Waals surface area contributed by atoms with Gasteiger partial charge in [0, 0.05) is 20.1 Å². The fourth-order valence-corrected chi connectivity index (χ4v) is 1.96. The smallest absolute Gasteiger partial charge is 0.408 e. The summed E-state index contributed by atoms with van der Waals surface area (Å²) in [6.45, 7) is 6.83. The average molecular weight is 253 g/mol. The van der Waals surface area contributed by atoms with Crippen LogP contribution >= 0.6 is 0 Å². The lowest BCUT2D eigenvalue weighted by molar-refractivity contribution is 0.0499. The third-order valence-corrected chi connectivity index (χ3v) is 2.61. The van der Waals surface area contributed by atoms with Crippen LogP contribution in [0.15, 0.2) is 0 Å². The summed E-state index contributed by atoms with van der Waals surface area (Å²) in [5.74, 6) is 0. The minimum atomic E-state index is -0.500.